The summed E-state index contributed by atoms with van der Waals surface area (Å²) in [5, 5.41) is 12.4. The maximum absolute atomic E-state index is 13.1. The highest BCUT2D eigenvalue weighted by Gasteiger charge is 2.28. The topological polar surface area (TPSA) is 35.8 Å². The predicted molar refractivity (Wildman–Crippen MR) is 64.7 cm³/mol. The lowest BCUT2D eigenvalue weighted by atomic mass is 10.0. The molecule has 2 unspecified atom stereocenters. The van der Waals surface area contributed by atoms with Crippen LogP contribution in [0.3, 0.4) is 0 Å². The van der Waals surface area contributed by atoms with Crippen LogP contribution in [0.15, 0.2) is 24.3 Å². The summed E-state index contributed by atoms with van der Waals surface area (Å²) in [6.07, 6.45) is 3.12. The van der Waals surface area contributed by atoms with Crippen molar-refractivity contribution in [2.45, 2.75) is 38.3 Å². The zero-order valence-corrected chi connectivity index (χ0v) is 9.99. The van der Waals surface area contributed by atoms with Crippen LogP contribution in [0.2, 0.25) is 0 Å². The Labute approximate surface area is 101 Å². The lowest BCUT2D eigenvalue weighted by Crippen LogP contribution is -2.33. The Kier molecular flexibility index (Phi) is 3.75. The molecule has 0 spiro atoms. The van der Waals surface area contributed by atoms with Crippen molar-refractivity contribution in [3.05, 3.63) is 35.6 Å². The van der Waals surface area contributed by atoms with Crippen LogP contribution in [-0.2, 0) is 0 Å². The summed E-state index contributed by atoms with van der Waals surface area (Å²) < 4.78 is 13.1. The zero-order valence-electron chi connectivity index (χ0n) is 9.99. The number of nitrogens with zero attached hydrogens (tertiary/aromatic N) is 1. The van der Waals surface area contributed by atoms with Gasteiger partial charge in [-0.2, -0.15) is 5.26 Å². The molecule has 17 heavy (non-hydrogen) atoms. The SMILES string of the molecule is C[C@@H](NC1CCCC1C#N)c1cccc(F)c1. The van der Waals surface area contributed by atoms with Gasteiger partial charge in [0, 0.05) is 12.1 Å². The number of hydrogen-bond donors (Lipinski definition) is 1. The Morgan fingerprint density at radius 3 is 3.00 bits per heavy atom. The van der Waals surface area contributed by atoms with Gasteiger partial charge in [0.2, 0.25) is 0 Å². The number of benzene rings is 1. The normalized spacial score (nSPS) is 25.5. The summed E-state index contributed by atoms with van der Waals surface area (Å²) in [4.78, 5) is 0. The molecule has 1 saturated carbocycles. The quantitative estimate of drug-likeness (QED) is 0.868. The first-order valence-electron chi connectivity index (χ1n) is 6.12. The molecule has 90 valence electrons. The molecule has 0 saturated heterocycles. The molecule has 1 fully saturated rings. The minimum absolute atomic E-state index is 0.0876. The molecule has 3 heteroatoms. The van der Waals surface area contributed by atoms with Crippen molar-refractivity contribution < 1.29 is 4.39 Å². The number of nitrogens with one attached hydrogen (secondary N) is 1. The van der Waals surface area contributed by atoms with Crippen LogP contribution in [0.1, 0.15) is 37.8 Å². The Bertz CT molecular complexity index is 424. The van der Waals surface area contributed by atoms with Gasteiger partial charge in [0.05, 0.1) is 12.0 Å². The van der Waals surface area contributed by atoms with Crippen LogP contribution in [0, 0.1) is 23.1 Å². The predicted octanol–water partition coefficient (Wildman–Crippen LogP) is 3.17. The van der Waals surface area contributed by atoms with E-state index in [0.29, 0.717) is 0 Å². The zero-order chi connectivity index (χ0) is 12.3. The number of halogens is 1. The van der Waals surface area contributed by atoms with Gasteiger partial charge >= 0.3 is 0 Å². The summed E-state index contributed by atoms with van der Waals surface area (Å²) >= 11 is 0. The highest BCUT2D eigenvalue weighted by atomic mass is 19.1. The Balaban J connectivity index is 2.02. The van der Waals surface area contributed by atoms with Crippen molar-refractivity contribution in [2.75, 3.05) is 0 Å². The van der Waals surface area contributed by atoms with Crippen LogP contribution in [0.25, 0.3) is 0 Å². The third-order valence-corrected chi connectivity index (χ3v) is 3.49. The van der Waals surface area contributed by atoms with Gasteiger partial charge in [0.25, 0.3) is 0 Å². The fourth-order valence-corrected chi connectivity index (χ4v) is 2.51. The van der Waals surface area contributed by atoms with E-state index < -0.39 is 0 Å². The monoisotopic (exact) mass is 232 g/mol. The molecule has 2 nitrogen and oxygen atoms in total. The fraction of sp³-hybridized carbons (Fsp3) is 0.500. The molecule has 1 aliphatic rings. The van der Waals surface area contributed by atoms with Gasteiger partial charge in [0.15, 0.2) is 0 Å². The van der Waals surface area contributed by atoms with Gasteiger partial charge in [-0.25, -0.2) is 4.39 Å². The summed E-state index contributed by atoms with van der Waals surface area (Å²) in [6.45, 7) is 2.02. The second-order valence-corrected chi connectivity index (χ2v) is 4.72. The third kappa shape index (κ3) is 2.83. The highest BCUT2D eigenvalue weighted by molar-refractivity contribution is 5.20. The van der Waals surface area contributed by atoms with Gasteiger partial charge in [-0.1, -0.05) is 18.6 Å². The van der Waals surface area contributed by atoms with Crippen molar-refractivity contribution >= 4 is 0 Å². The molecule has 3 atom stereocenters. The smallest absolute Gasteiger partial charge is 0.123 e. The van der Waals surface area contributed by atoms with E-state index in [4.69, 9.17) is 5.26 Å². The van der Waals surface area contributed by atoms with Crippen LogP contribution in [0.4, 0.5) is 4.39 Å². The third-order valence-electron chi connectivity index (χ3n) is 3.49. The maximum atomic E-state index is 13.1. The molecular weight excluding hydrogens is 215 g/mol. The van der Waals surface area contributed by atoms with Crippen molar-refractivity contribution in [1.82, 2.24) is 5.32 Å². The highest BCUT2D eigenvalue weighted by Crippen LogP contribution is 2.27. The van der Waals surface area contributed by atoms with Crippen LogP contribution < -0.4 is 5.32 Å². The average molecular weight is 232 g/mol. The molecule has 1 aromatic rings. The second-order valence-electron chi connectivity index (χ2n) is 4.72. The van der Waals surface area contributed by atoms with Crippen molar-refractivity contribution in [3.63, 3.8) is 0 Å². The molecule has 0 amide bonds. The lowest BCUT2D eigenvalue weighted by molar-refractivity contribution is 0.416. The minimum atomic E-state index is -0.209. The molecule has 0 heterocycles. The summed E-state index contributed by atoms with van der Waals surface area (Å²) in [5.41, 5.74) is 0.939. The van der Waals surface area contributed by atoms with E-state index in [1.165, 1.54) is 6.07 Å². The molecule has 0 radical (unpaired) electrons. The standard InChI is InChI=1S/C14H17FN2/c1-10(11-4-2-6-13(15)8-11)17-14-7-3-5-12(14)9-16/h2,4,6,8,10,12,14,17H,3,5,7H2,1H3/t10-,12?,14?/m1/s1. The van der Waals surface area contributed by atoms with Crippen LogP contribution in [0.5, 0.6) is 0 Å². The molecule has 0 aliphatic heterocycles. The van der Waals surface area contributed by atoms with E-state index >= 15 is 0 Å². The van der Waals surface area contributed by atoms with Gasteiger partial charge in [-0.05, 0) is 37.5 Å². The van der Waals surface area contributed by atoms with Gasteiger partial charge < -0.3 is 5.32 Å². The van der Waals surface area contributed by atoms with E-state index in [2.05, 4.69) is 11.4 Å². The first-order chi connectivity index (χ1) is 8.20. The van der Waals surface area contributed by atoms with Gasteiger partial charge in [-0.15, -0.1) is 0 Å². The molecule has 2 rings (SSSR count). The van der Waals surface area contributed by atoms with E-state index in [9.17, 15) is 4.39 Å². The lowest BCUT2D eigenvalue weighted by Gasteiger charge is -2.21. The first-order valence-corrected chi connectivity index (χ1v) is 6.12. The molecule has 1 aromatic carbocycles. The number of hydrogen-bond acceptors (Lipinski definition) is 2. The summed E-state index contributed by atoms with van der Waals surface area (Å²) in [5.74, 6) is -0.106. The maximum Gasteiger partial charge on any atom is 0.123 e. The average Bonchev–Trinajstić information content (AvgIpc) is 2.76. The minimum Gasteiger partial charge on any atom is -0.306 e. The molecule has 0 bridgehead atoms. The second kappa shape index (κ2) is 5.29. The van der Waals surface area contributed by atoms with Crippen molar-refractivity contribution in [1.29, 1.82) is 5.26 Å². The Morgan fingerprint density at radius 1 is 1.47 bits per heavy atom. The van der Waals surface area contributed by atoms with E-state index in [0.717, 1.165) is 24.8 Å². The first kappa shape index (κ1) is 12.1. The Hall–Kier alpha value is -1.40. The molecule has 0 aromatic heterocycles. The van der Waals surface area contributed by atoms with Gasteiger partial charge in [0.1, 0.15) is 5.82 Å². The fourth-order valence-electron chi connectivity index (χ4n) is 2.51. The van der Waals surface area contributed by atoms with Crippen LogP contribution in [-0.4, -0.2) is 6.04 Å². The largest absolute Gasteiger partial charge is 0.306 e. The Morgan fingerprint density at radius 2 is 2.29 bits per heavy atom. The van der Waals surface area contributed by atoms with Gasteiger partial charge in [-0.3, -0.25) is 0 Å². The van der Waals surface area contributed by atoms with Crippen molar-refractivity contribution in [3.8, 4) is 6.07 Å². The van der Waals surface area contributed by atoms with Crippen molar-refractivity contribution in [2.24, 2.45) is 5.92 Å². The van der Waals surface area contributed by atoms with E-state index in [-0.39, 0.29) is 23.8 Å². The molecule has 1 N–H and O–H groups in total. The number of rotatable bonds is 3. The van der Waals surface area contributed by atoms with Crippen LogP contribution >= 0.6 is 0 Å². The summed E-state index contributed by atoms with van der Waals surface area (Å²) in [6, 6.07) is 9.31. The molecular formula is C14H17FN2. The summed E-state index contributed by atoms with van der Waals surface area (Å²) in [7, 11) is 0. The molecule has 1 aliphatic carbocycles. The van der Waals surface area contributed by atoms with E-state index in [1.807, 2.05) is 13.0 Å². The number of nitriles is 1. The van der Waals surface area contributed by atoms with E-state index in [1.54, 1.807) is 12.1 Å².